The van der Waals surface area contributed by atoms with Crippen molar-refractivity contribution in [2.24, 2.45) is 39.9 Å². The zero-order valence-corrected chi connectivity index (χ0v) is 27.9. The molecule has 242 valence electrons. The van der Waals surface area contributed by atoms with Gasteiger partial charge in [0.1, 0.15) is 18.5 Å². The van der Waals surface area contributed by atoms with Crippen molar-refractivity contribution in [3.8, 4) is 0 Å². The number of piperidine rings is 1. The molecule has 1 heterocycles. The fraction of sp³-hybridized carbons (Fsp3) is 0.806. The SMILES string of the molecule is C/C=C/[C@]1(C)C[C@@H](OC(=O)NC(=O)C2CCN(C(=O)OCC(Cl)(Cl)Cl)CC2)[C@@]2(C)C3C(=O)CCC3(CC[C@H]2C)[C@@H](C)[C@@H]1O. The number of aliphatic hydroxyl groups excluding tert-OH is 1. The number of carbonyl (C=O) groups excluding carboxylic acids is 4. The van der Waals surface area contributed by atoms with Crippen LogP contribution in [0.15, 0.2) is 12.2 Å². The molecule has 3 amide bonds. The number of likely N-dealkylation sites (tertiary alicyclic amines) is 1. The van der Waals surface area contributed by atoms with Crippen molar-refractivity contribution in [3.05, 3.63) is 12.2 Å². The van der Waals surface area contributed by atoms with Crippen LogP contribution < -0.4 is 5.32 Å². The zero-order valence-electron chi connectivity index (χ0n) is 25.7. The summed E-state index contributed by atoms with van der Waals surface area (Å²) in [4.78, 5) is 53.8. The molecule has 3 aliphatic carbocycles. The molecule has 9 nitrogen and oxygen atoms in total. The second kappa shape index (κ2) is 12.7. The van der Waals surface area contributed by atoms with Crippen molar-refractivity contribution in [3.63, 3.8) is 0 Å². The Kier molecular flexibility index (Phi) is 10.1. The molecule has 2 unspecified atom stereocenters. The lowest BCUT2D eigenvalue weighted by Gasteiger charge is -2.61. The number of hydrogen-bond acceptors (Lipinski definition) is 7. The Balaban J connectivity index is 1.50. The van der Waals surface area contributed by atoms with E-state index in [-0.39, 0.29) is 42.0 Å². The van der Waals surface area contributed by atoms with Gasteiger partial charge in [-0.1, -0.05) is 74.6 Å². The van der Waals surface area contributed by atoms with Crippen LogP contribution in [0.3, 0.4) is 0 Å². The molecule has 1 saturated heterocycles. The summed E-state index contributed by atoms with van der Waals surface area (Å²) < 4.78 is 9.46. The van der Waals surface area contributed by atoms with Gasteiger partial charge in [0.05, 0.1) is 6.10 Å². The molecule has 4 fully saturated rings. The second-order valence-electron chi connectivity index (χ2n) is 13.7. The third kappa shape index (κ3) is 6.56. The number of halogens is 3. The van der Waals surface area contributed by atoms with Gasteiger partial charge in [0.25, 0.3) is 0 Å². The number of hydrogen-bond donors (Lipinski definition) is 2. The molecular weight excluding hydrogens is 619 g/mol. The molecule has 2 bridgehead atoms. The number of ether oxygens (including phenoxy) is 2. The van der Waals surface area contributed by atoms with Gasteiger partial charge in [-0.3, -0.25) is 14.9 Å². The predicted molar refractivity (Wildman–Crippen MR) is 164 cm³/mol. The van der Waals surface area contributed by atoms with Crippen LogP contribution in [0, 0.1) is 39.9 Å². The van der Waals surface area contributed by atoms with E-state index < -0.39 is 57.4 Å². The molecule has 4 aliphatic rings. The molecular formula is C31H45Cl3N2O7. The normalized spacial score (nSPS) is 38.7. The van der Waals surface area contributed by atoms with E-state index >= 15 is 0 Å². The van der Waals surface area contributed by atoms with Crippen LogP contribution in [0.1, 0.15) is 79.6 Å². The van der Waals surface area contributed by atoms with Crippen LogP contribution in [0.2, 0.25) is 0 Å². The molecule has 8 atom stereocenters. The maximum Gasteiger partial charge on any atom is 0.414 e. The minimum Gasteiger partial charge on any atom is -0.445 e. The van der Waals surface area contributed by atoms with Gasteiger partial charge in [0.2, 0.25) is 9.70 Å². The largest absolute Gasteiger partial charge is 0.445 e. The zero-order chi connectivity index (χ0) is 32.0. The average molecular weight is 664 g/mol. The summed E-state index contributed by atoms with van der Waals surface area (Å²) in [6.45, 7) is 10.2. The molecule has 1 aliphatic heterocycles. The lowest BCUT2D eigenvalue weighted by atomic mass is 9.44. The van der Waals surface area contributed by atoms with E-state index in [9.17, 15) is 24.3 Å². The highest BCUT2D eigenvalue weighted by molar-refractivity contribution is 6.67. The Labute approximate surface area is 269 Å². The topological polar surface area (TPSA) is 122 Å². The minimum atomic E-state index is -1.72. The van der Waals surface area contributed by atoms with Crippen molar-refractivity contribution in [2.75, 3.05) is 19.7 Å². The van der Waals surface area contributed by atoms with Gasteiger partial charge in [0.15, 0.2) is 0 Å². The smallest absolute Gasteiger partial charge is 0.414 e. The van der Waals surface area contributed by atoms with Crippen LogP contribution >= 0.6 is 34.8 Å². The van der Waals surface area contributed by atoms with E-state index in [1.54, 1.807) is 0 Å². The van der Waals surface area contributed by atoms with Crippen molar-refractivity contribution < 1.29 is 33.8 Å². The summed E-state index contributed by atoms with van der Waals surface area (Å²) in [6, 6.07) is 0. The first-order valence-electron chi connectivity index (χ1n) is 15.3. The summed E-state index contributed by atoms with van der Waals surface area (Å²) in [7, 11) is 0. The highest BCUT2D eigenvalue weighted by atomic mass is 35.6. The molecule has 12 heteroatoms. The van der Waals surface area contributed by atoms with E-state index in [2.05, 4.69) is 26.1 Å². The van der Waals surface area contributed by atoms with Gasteiger partial charge >= 0.3 is 12.2 Å². The maximum atomic E-state index is 13.6. The number of nitrogens with one attached hydrogen (secondary N) is 1. The molecule has 4 rings (SSSR count). The third-order valence-corrected chi connectivity index (χ3v) is 11.7. The van der Waals surface area contributed by atoms with Gasteiger partial charge in [-0.15, -0.1) is 0 Å². The Morgan fingerprint density at radius 3 is 2.37 bits per heavy atom. The monoisotopic (exact) mass is 662 g/mol. The molecule has 0 aromatic carbocycles. The van der Waals surface area contributed by atoms with Crippen molar-refractivity contribution in [1.29, 1.82) is 0 Å². The Morgan fingerprint density at radius 2 is 1.77 bits per heavy atom. The number of nitrogens with zero attached hydrogens (tertiary/aromatic N) is 1. The number of rotatable bonds is 4. The lowest BCUT2D eigenvalue weighted by molar-refractivity contribution is -0.191. The van der Waals surface area contributed by atoms with E-state index in [1.165, 1.54) is 4.90 Å². The van der Waals surface area contributed by atoms with Gasteiger partial charge in [-0.2, -0.15) is 0 Å². The van der Waals surface area contributed by atoms with Crippen molar-refractivity contribution in [1.82, 2.24) is 10.2 Å². The fourth-order valence-electron chi connectivity index (χ4n) is 8.77. The number of amides is 3. The number of imide groups is 1. The molecule has 0 aromatic heterocycles. The van der Waals surface area contributed by atoms with Crippen LogP contribution in [0.4, 0.5) is 9.59 Å². The highest BCUT2D eigenvalue weighted by Crippen LogP contribution is 2.68. The quantitative estimate of drug-likeness (QED) is 0.271. The average Bonchev–Trinajstić information content (AvgIpc) is 3.30. The number of ketones is 1. The van der Waals surface area contributed by atoms with Gasteiger partial charge < -0.3 is 19.5 Å². The summed E-state index contributed by atoms with van der Waals surface area (Å²) in [5.41, 5.74) is -1.74. The molecule has 0 radical (unpaired) electrons. The number of Topliss-reactive ketones (excluding diaryl/α,β-unsaturated/α-hetero) is 1. The van der Waals surface area contributed by atoms with E-state index in [1.807, 2.05) is 26.0 Å². The van der Waals surface area contributed by atoms with E-state index in [0.717, 1.165) is 19.3 Å². The third-order valence-electron chi connectivity index (χ3n) is 11.3. The first kappa shape index (κ1) is 34.3. The maximum absolute atomic E-state index is 13.6. The Morgan fingerprint density at radius 1 is 1.12 bits per heavy atom. The number of alkyl halides is 3. The first-order valence-corrected chi connectivity index (χ1v) is 16.5. The molecule has 0 aromatic rings. The van der Waals surface area contributed by atoms with Gasteiger partial charge in [-0.25, -0.2) is 9.59 Å². The van der Waals surface area contributed by atoms with Crippen LogP contribution in [0.5, 0.6) is 0 Å². The Bertz CT molecular complexity index is 1140. The molecule has 2 N–H and O–H groups in total. The lowest BCUT2D eigenvalue weighted by Crippen LogP contribution is -2.63. The molecule has 43 heavy (non-hydrogen) atoms. The number of allylic oxidation sites excluding steroid dienone is 1. The number of aliphatic hydroxyl groups is 1. The fourth-order valence-corrected chi connectivity index (χ4v) is 8.93. The van der Waals surface area contributed by atoms with Gasteiger partial charge in [0, 0.05) is 42.2 Å². The van der Waals surface area contributed by atoms with Crippen molar-refractivity contribution in [2.45, 2.75) is 95.6 Å². The van der Waals surface area contributed by atoms with Crippen LogP contribution in [-0.2, 0) is 19.1 Å². The van der Waals surface area contributed by atoms with Crippen LogP contribution in [-0.4, -0.2) is 69.6 Å². The predicted octanol–water partition coefficient (Wildman–Crippen LogP) is 6.21. The van der Waals surface area contributed by atoms with Crippen LogP contribution in [0.25, 0.3) is 0 Å². The first-order chi connectivity index (χ1) is 20.0. The number of carbonyl (C=O) groups is 4. The summed E-state index contributed by atoms with van der Waals surface area (Å²) in [5.74, 6) is -1.19. The second-order valence-corrected chi connectivity index (χ2v) is 16.2. The minimum absolute atomic E-state index is 0.0872. The highest BCUT2D eigenvalue weighted by Gasteiger charge is 2.68. The van der Waals surface area contributed by atoms with E-state index in [4.69, 9.17) is 44.3 Å². The molecule has 3 saturated carbocycles. The van der Waals surface area contributed by atoms with E-state index in [0.29, 0.717) is 25.7 Å². The summed E-state index contributed by atoms with van der Waals surface area (Å²) in [6.07, 6.45) is 4.80. The molecule has 0 spiro atoms. The van der Waals surface area contributed by atoms with Crippen molar-refractivity contribution >= 4 is 58.7 Å². The van der Waals surface area contributed by atoms with Gasteiger partial charge in [-0.05, 0) is 62.7 Å². The Hall–Kier alpha value is -1.55. The standard InChI is InChI=1S/C31H45Cl3N2O7/c1-6-11-28(4)16-22(29(5)18(2)7-12-30(19(3)24(28)38)13-8-21(37)23(29)30)43-26(40)35-25(39)20-9-14-36(15-10-20)27(41)42-17-31(32,33)34/h6,11,18-20,22-24,38H,7-10,12-17H2,1-5H3,(H,35,39,40)/b11-6+/t18-,19+,22-,23?,24+,28-,29+,30?/m1/s1. The number of alkyl carbamates (subject to hydrolysis) is 1. The summed E-state index contributed by atoms with van der Waals surface area (Å²) in [5, 5.41) is 14.2. The summed E-state index contributed by atoms with van der Waals surface area (Å²) >= 11 is 16.9.